The number of nitro benzene ring substituents is 1. The summed E-state index contributed by atoms with van der Waals surface area (Å²) in [4.78, 5) is 22.4. The highest BCUT2D eigenvalue weighted by molar-refractivity contribution is 9.10. The first-order chi connectivity index (χ1) is 13.9. The standard InChI is InChI=1S/C20H12BrFN4O3/c21-16-9-15(26(28)29)7-12(19(16)27)10-23-14-5-6-17-18(8-14)25-20(24-17)11-1-3-13(22)4-2-11/h1-10,27H,(H,24,25). The van der Waals surface area contributed by atoms with Crippen LogP contribution >= 0.6 is 15.9 Å². The number of aromatic hydroxyl groups is 1. The Bertz CT molecular complexity index is 1270. The van der Waals surface area contributed by atoms with Crippen LogP contribution in [0.1, 0.15) is 5.56 Å². The molecule has 2 N–H and O–H groups in total. The van der Waals surface area contributed by atoms with E-state index in [9.17, 15) is 19.6 Å². The van der Waals surface area contributed by atoms with Crippen LogP contribution in [0.25, 0.3) is 22.4 Å². The van der Waals surface area contributed by atoms with Gasteiger partial charge < -0.3 is 10.1 Å². The molecule has 0 aliphatic rings. The van der Waals surface area contributed by atoms with Crippen molar-refractivity contribution in [2.75, 3.05) is 0 Å². The number of aliphatic imine (C=N–C) groups is 1. The molecule has 0 aliphatic carbocycles. The van der Waals surface area contributed by atoms with Gasteiger partial charge in [0.2, 0.25) is 0 Å². The van der Waals surface area contributed by atoms with Crippen LogP contribution in [0.15, 0.2) is 64.1 Å². The predicted molar refractivity (Wildman–Crippen MR) is 111 cm³/mol. The van der Waals surface area contributed by atoms with Crippen LogP contribution in [0, 0.1) is 15.9 Å². The van der Waals surface area contributed by atoms with Gasteiger partial charge in [-0.15, -0.1) is 0 Å². The second-order valence-electron chi connectivity index (χ2n) is 6.17. The summed E-state index contributed by atoms with van der Waals surface area (Å²) >= 11 is 3.10. The molecule has 1 aromatic heterocycles. The Kier molecular flexibility index (Phi) is 4.81. The highest BCUT2D eigenvalue weighted by Gasteiger charge is 2.13. The van der Waals surface area contributed by atoms with Gasteiger partial charge in [-0.1, -0.05) is 0 Å². The molecule has 3 aromatic carbocycles. The Balaban J connectivity index is 1.67. The molecule has 29 heavy (non-hydrogen) atoms. The summed E-state index contributed by atoms with van der Waals surface area (Å²) in [7, 11) is 0. The third-order valence-corrected chi connectivity index (χ3v) is 4.83. The van der Waals surface area contributed by atoms with Gasteiger partial charge in [0.1, 0.15) is 17.4 Å². The molecular weight excluding hydrogens is 443 g/mol. The van der Waals surface area contributed by atoms with Crippen LogP contribution in [0.3, 0.4) is 0 Å². The fraction of sp³-hybridized carbons (Fsp3) is 0. The van der Waals surface area contributed by atoms with Gasteiger partial charge in [-0.05, 0) is 58.4 Å². The predicted octanol–water partition coefficient (Wildman–Crippen LogP) is 5.50. The zero-order chi connectivity index (χ0) is 20.5. The summed E-state index contributed by atoms with van der Waals surface area (Å²) < 4.78 is 13.3. The largest absolute Gasteiger partial charge is 0.506 e. The van der Waals surface area contributed by atoms with Gasteiger partial charge in [-0.2, -0.15) is 0 Å². The molecule has 144 valence electrons. The Labute approximate surface area is 171 Å². The molecule has 0 spiro atoms. The molecule has 4 rings (SSSR count). The second kappa shape index (κ2) is 7.44. The quantitative estimate of drug-likeness (QED) is 0.241. The van der Waals surface area contributed by atoms with Gasteiger partial charge in [0.05, 0.1) is 26.1 Å². The summed E-state index contributed by atoms with van der Waals surface area (Å²) in [5, 5.41) is 21.1. The zero-order valence-electron chi connectivity index (χ0n) is 14.6. The minimum Gasteiger partial charge on any atom is -0.506 e. The number of benzene rings is 3. The van der Waals surface area contributed by atoms with Gasteiger partial charge in [-0.25, -0.2) is 9.37 Å². The smallest absolute Gasteiger partial charge is 0.271 e. The topological polar surface area (TPSA) is 104 Å². The maximum Gasteiger partial charge on any atom is 0.271 e. The van der Waals surface area contributed by atoms with Crippen molar-refractivity contribution in [3.63, 3.8) is 0 Å². The maximum atomic E-state index is 13.1. The molecule has 0 unspecified atom stereocenters. The average Bonchev–Trinajstić information content (AvgIpc) is 3.12. The van der Waals surface area contributed by atoms with Crippen molar-refractivity contribution >= 4 is 44.6 Å². The number of rotatable bonds is 4. The summed E-state index contributed by atoms with van der Waals surface area (Å²) in [6, 6.07) is 13.7. The highest BCUT2D eigenvalue weighted by Crippen LogP contribution is 2.32. The summed E-state index contributed by atoms with van der Waals surface area (Å²) in [5.41, 5.74) is 2.80. The molecule has 0 radical (unpaired) electrons. The third kappa shape index (κ3) is 3.85. The Morgan fingerprint density at radius 1 is 1.17 bits per heavy atom. The molecule has 7 nitrogen and oxygen atoms in total. The van der Waals surface area contributed by atoms with Crippen molar-refractivity contribution in [2.45, 2.75) is 0 Å². The number of non-ortho nitro benzene ring substituents is 1. The lowest BCUT2D eigenvalue weighted by Crippen LogP contribution is -1.91. The van der Waals surface area contributed by atoms with Crippen molar-refractivity contribution in [1.29, 1.82) is 0 Å². The van der Waals surface area contributed by atoms with E-state index in [-0.39, 0.29) is 27.3 Å². The van der Waals surface area contributed by atoms with E-state index in [2.05, 4.69) is 30.9 Å². The monoisotopic (exact) mass is 454 g/mol. The third-order valence-electron chi connectivity index (χ3n) is 4.22. The van der Waals surface area contributed by atoms with E-state index < -0.39 is 4.92 Å². The lowest BCUT2D eigenvalue weighted by atomic mass is 10.2. The number of halogens is 2. The van der Waals surface area contributed by atoms with Crippen LogP contribution in [-0.4, -0.2) is 26.2 Å². The molecule has 0 bridgehead atoms. The van der Waals surface area contributed by atoms with Crippen LogP contribution < -0.4 is 0 Å². The number of aromatic nitrogens is 2. The highest BCUT2D eigenvalue weighted by atomic mass is 79.9. The SMILES string of the molecule is O=[N+]([O-])c1cc(Br)c(O)c(C=Nc2ccc3nc(-c4ccc(F)cc4)[nH]c3c2)c1. The maximum absolute atomic E-state index is 13.1. The van der Waals surface area contributed by atoms with Crippen molar-refractivity contribution in [1.82, 2.24) is 9.97 Å². The summed E-state index contributed by atoms with van der Waals surface area (Å²) in [6.45, 7) is 0. The summed E-state index contributed by atoms with van der Waals surface area (Å²) in [6.07, 6.45) is 1.35. The normalized spacial score (nSPS) is 11.4. The first-order valence-electron chi connectivity index (χ1n) is 8.37. The number of hydrogen-bond acceptors (Lipinski definition) is 5. The van der Waals surface area contributed by atoms with E-state index in [1.54, 1.807) is 30.3 Å². The molecule has 4 aromatic rings. The van der Waals surface area contributed by atoms with E-state index >= 15 is 0 Å². The van der Waals surface area contributed by atoms with Crippen LogP contribution in [-0.2, 0) is 0 Å². The summed E-state index contributed by atoms with van der Waals surface area (Å²) in [5.74, 6) is 0.138. The molecule has 0 aliphatic heterocycles. The first-order valence-corrected chi connectivity index (χ1v) is 9.17. The minimum atomic E-state index is -0.546. The van der Waals surface area contributed by atoms with Crippen molar-refractivity contribution in [3.05, 3.63) is 80.6 Å². The van der Waals surface area contributed by atoms with Gasteiger partial charge in [0, 0.05) is 29.5 Å². The molecule has 9 heteroatoms. The molecule has 0 saturated heterocycles. The number of fused-ring (bicyclic) bond motifs is 1. The number of nitrogens with zero attached hydrogens (tertiary/aromatic N) is 3. The van der Waals surface area contributed by atoms with E-state index in [4.69, 9.17) is 0 Å². The number of aromatic amines is 1. The molecule has 0 amide bonds. The minimum absolute atomic E-state index is 0.138. The number of H-pyrrole nitrogens is 1. The molecule has 0 atom stereocenters. The van der Waals surface area contributed by atoms with E-state index in [0.717, 1.165) is 11.1 Å². The van der Waals surface area contributed by atoms with E-state index in [1.807, 2.05) is 0 Å². The van der Waals surface area contributed by atoms with E-state index in [0.29, 0.717) is 17.0 Å². The fourth-order valence-electron chi connectivity index (χ4n) is 2.78. The number of phenolic OH excluding ortho intramolecular Hbond substituents is 1. The fourth-order valence-corrected chi connectivity index (χ4v) is 3.24. The zero-order valence-corrected chi connectivity index (χ0v) is 16.2. The first kappa shape index (κ1) is 18.8. The van der Waals surface area contributed by atoms with Gasteiger partial charge in [-0.3, -0.25) is 15.1 Å². The number of imidazole rings is 1. The van der Waals surface area contributed by atoms with Gasteiger partial charge in [0.25, 0.3) is 5.69 Å². The van der Waals surface area contributed by atoms with Crippen molar-refractivity contribution in [2.24, 2.45) is 4.99 Å². The molecule has 1 heterocycles. The van der Waals surface area contributed by atoms with Gasteiger partial charge >= 0.3 is 0 Å². The average molecular weight is 455 g/mol. The van der Waals surface area contributed by atoms with E-state index in [1.165, 1.54) is 30.5 Å². The van der Waals surface area contributed by atoms with Crippen LogP contribution in [0.5, 0.6) is 5.75 Å². The van der Waals surface area contributed by atoms with Crippen LogP contribution in [0.4, 0.5) is 15.8 Å². The number of hydrogen-bond donors (Lipinski definition) is 2. The Hall–Kier alpha value is -3.59. The second-order valence-corrected chi connectivity index (χ2v) is 7.03. The van der Waals surface area contributed by atoms with Crippen molar-refractivity contribution < 1.29 is 14.4 Å². The van der Waals surface area contributed by atoms with Crippen LogP contribution in [0.2, 0.25) is 0 Å². The number of phenols is 1. The number of nitro groups is 1. The Morgan fingerprint density at radius 3 is 2.66 bits per heavy atom. The lowest BCUT2D eigenvalue weighted by molar-refractivity contribution is -0.385. The lowest BCUT2D eigenvalue weighted by Gasteiger charge is -2.02. The molecule has 0 saturated carbocycles. The Morgan fingerprint density at radius 2 is 1.93 bits per heavy atom. The number of nitrogens with one attached hydrogen (secondary N) is 1. The van der Waals surface area contributed by atoms with Crippen molar-refractivity contribution in [3.8, 4) is 17.1 Å². The molecule has 0 fully saturated rings. The van der Waals surface area contributed by atoms with Gasteiger partial charge in [0.15, 0.2) is 0 Å². The molecular formula is C20H12BrFN4O3.